The maximum atomic E-state index is 12.0. The Kier molecular flexibility index (Phi) is 6.78. The van der Waals surface area contributed by atoms with Gasteiger partial charge >= 0.3 is 12.0 Å². The van der Waals surface area contributed by atoms with Gasteiger partial charge in [0.25, 0.3) is 0 Å². The minimum Gasteiger partial charge on any atom is -0.465 e. The van der Waals surface area contributed by atoms with Crippen LogP contribution >= 0.6 is 0 Å². The number of ether oxygens (including phenoxy) is 1. The third-order valence-electron chi connectivity index (χ3n) is 4.30. The highest BCUT2D eigenvalue weighted by Gasteiger charge is 2.26. The minimum absolute atomic E-state index is 0.170. The van der Waals surface area contributed by atoms with E-state index in [1.165, 1.54) is 0 Å². The number of hydrogen-bond acceptors (Lipinski definition) is 3. The fraction of sp³-hybridized carbons (Fsp3) is 0.333. The summed E-state index contributed by atoms with van der Waals surface area (Å²) in [6.07, 6.45) is 1.39. The number of esters is 1. The van der Waals surface area contributed by atoms with Gasteiger partial charge in [-0.3, -0.25) is 4.79 Å². The molecule has 0 spiro atoms. The Morgan fingerprint density at radius 2 is 1.50 bits per heavy atom. The van der Waals surface area contributed by atoms with E-state index < -0.39 is 5.41 Å². The Morgan fingerprint density at radius 1 is 0.923 bits per heavy atom. The van der Waals surface area contributed by atoms with Gasteiger partial charge < -0.3 is 15.4 Å². The topological polar surface area (TPSA) is 67.4 Å². The van der Waals surface area contributed by atoms with Crippen LogP contribution in [0.4, 0.5) is 16.2 Å². The van der Waals surface area contributed by atoms with Crippen LogP contribution in [-0.4, -0.2) is 18.6 Å². The number of hydrogen-bond donors (Lipinski definition) is 2. The van der Waals surface area contributed by atoms with Gasteiger partial charge in [0.1, 0.15) is 0 Å². The molecule has 0 aliphatic heterocycles. The second-order valence-corrected chi connectivity index (χ2v) is 6.77. The molecular formula is C21H26N2O3. The van der Waals surface area contributed by atoms with E-state index in [1.54, 1.807) is 0 Å². The molecule has 0 heterocycles. The number of rotatable bonds is 7. The van der Waals surface area contributed by atoms with E-state index in [2.05, 4.69) is 10.6 Å². The van der Waals surface area contributed by atoms with Crippen LogP contribution in [0.1, 0.15) is 32.8 Å². The van der Waals surface area contributed by atoms with Crippen LogP contribution in [0.5, 0.6) is 0 Å². The number of nitrogens with one attached hydrogen (secondary N) is 2. The number of para-hydroxylation sites is 1. The Balaban J connectivity index is 1.79. The molecule has 2 N–H and O–H groups in total. The Bertz CT molecular complexity index is 725. The zero-order chi connectivity index (χ0) is 19.0. The van der Waals surface area contributed by atoms with Crippen molar-refractivity contribution in [1.29, 1.82) is 0 Å². The molecule has 0 unspecified atom stereocenters. The second-order valence-electron chi connectivity index (χ2n) is 6.77. The SMILES string of the molecule is CCC(C)(C)C(=O)OCCc1ccc(NC(=O)Nc2ccccc2)cc1. The summed E-state index contributed by atoms with van der Waals surface area (Å²) in [4.78, 5) is 23.9. The number of anilines is 2. The first-order chi connectivity index (χ1) is 12.4. The highest BCUT2D eigenvalue weighted by Crippen LogP contribution is 2.21. The highest BCUT2D eigenvalue weighted by atomic mass is 16.5. The van der Waals surface area contributed by atoms with E-state index >= 15 is 0 Å². The Morgan fingerprint density at radius 3 is 2.08 bits per heavy atom. The lowest BCUT2D eigenvalue weighted by molar-refractivity contribution is -0.154. The van der Waals surface area contributed by atoms with Crippen LogP contribution in [0.15, 0.2) is 54.6 Å². The van der Waals surface area contributed by atoms with Gasteiger partial charge in [-0.05, 0) is 50.1 Å². The van der Waals surface area contributed by atoms with E-state index in [0.29, 0.717) is 18.7 Å². The van der Waals surface area contributed by atoms with Gasteiger partial charge in [0.05, 0.1) is 12.0 Å². The normalized spacial score (nSPS) is 10.9. The first-order valence-electron chi connectivity index (χ1n) is 8.80. The van der Waals surface area contributed by atoms with Crippen molar-refractivity contribution >= 4 is 23.4 Å². The molecule has 0 bridgehead atoms. The Hall–Kier alpha value is -2.82. The molecule has 0 aliphatic carbocycles. The highest BCUT2D eigenvalue weighted by molar-refractivity contribution is 5.99. The summed E-state index contributed by atoms with van der Waals surface area (Å²) in [6, 6.07) is 16.5. The fourth-order valence-electron chi connectivity index (χ4n) is 2.17. The van der Waals surface area contributed by atoms with Gasteiger partial charge in [0.2, 0.25) is 0 Å². The molecule has 26 heavy (non-hydrogen) atoms. The quantitative estimate of drug-likeness (QED) is 0.698. The molecule has 2 aromatic rings. The van der Waals surface area contributed by atoms with Crippen molar-refractivity contribution in [2.75, 3.05) is 17.2 Å². The molecule has 0 saturated carbocycles. The third-order valence-corrected chi connectivity index (χ3v) is 4.30. The number of carbonyl (C=O) groups is 2. The van der Waals surface area contributed by atoms with Gasteiger partial charge in [-0.1, -0.05) is 37.3 Å². The molecule has 2 rings (SSSR count). The molecule has 0 aliphatic rings. The van der Waals surface area contributed by atoms with Crippen LogP contribution in [0.2, 0.25) is 0 Å². The van der Waals surface area contributed by atoms with Crippen LogP contribution in [0.25, 0.3) is 0 Å². The van der Waals surface area contributed by atoms with Gasteiger partial charge in [-0.2, -0.15) is 0 Å². The van der Waals surface area contributed by atoms with Crippen molar-refractivity contribution in [3.8, 4) is 0 Å². The summed E-state index contributed by atoms with van der Waals surface area (Å²) in [5, 5.41) is 5.55. The van der Waals surface area contributed by atoms with Crippen LogP contribution in [0, 0.1) is 5.41 Å². The summed E-state index contributed by atoms with van der Waals surface area (Å²) in [5.41, 5.74) is 2.03. The Labute approximate surface area is 154 Å². The van der Waals surface area contributed by atoms with Gasteiger partial charge in [-0.15, -0.1) is 0 Å². The van der Waals surface area contributed by atoms with E-state index in [4.69, 9.17) is 4.74 Å². The monoisotopic (exact) mass is 354 g/mol. The smallest absolute Gasteiger partial charge is 0.323 e. The van der Waals surface area contributed by atoms with E-state index in [1.807, 2.05) is 75.4 Å². The molecule has 0 aromatic heterocycles. The largest absolute Gasteiger partial charge is 0.465 e. The summed E-state index contributed by atoms with van der Waals surface area (Å²) in [6.45, 7) is 6.09. The van der Waals surface area contributed by atoms with Gasteiger partial charge in [0, 0.05) is 17.8 Å². The molecule has 0 atom stereocenters. The predicted octanol–water partition coefficient (Wildman–Crippen LogP) is 4.85. The lowest BCUT2D eigenvalue weighted by atomic mass is 9.91. The predicted molar refractivity (Wildman–Crippen MR) is 104 cm³/mol. The summed E-state index contributed by atoms with van der Waals surface area (Å²) in [7, 11) is 0. The van der Waals surface area contributed by atoms with Gasteiger partial charge in [0.15, 0.2) is 0 Å². The molecule has 5 nitrogen and oxygen atoms in total. The molecule has 2 amide bonds. The average molecular weight is 354 g/mol. The third kappa shape index (κ3) is 5.92. The molecular weight excluding hydrogens is 328 g/mol. The molecule has 0 fully saturated rings. The zero-order valence-electron chi connectivity index (χ0n) is 15.5. The number of amides is 2. The molecule has 2 aromatic carbocycles. The zero-order valence-corrected chi connectivity index (χ0v) is 15.5. The first kappa shape index (κ1) is 19.5. The fourth-order valence-corrected chi connectivity index (χ4v) is 2.17. The van der Waals surface area contributed by atoms with Crippen LogP contribution < -0.4 is 10.6 Å². The van der Waals surface area contributed by atoms with Crippen molar-refractivity contribution in [2.24, 2.45) is 5.41 Å². The lowest BCUT2D eigenvalue weighted by Gasteiger charge is -2.20. The molecule has 0 radical (unpaired) electrons. The standard InChI is InChI=1S/C21H26N2O3/c1-4-21(2,3)19(24)26-15-14-16-10-12-18(13-11-16)23-20(25)22-17-8-6-5-7-9-17/h5-13H,4,14-15H2,1-3H3,(H2,22,23,25). The second kappa shape index (κ2) is 9.04. The van der Waals surface area contributed by atoms with Crippen molar-refractivity contribution in [2.45, 2.75) is 33.6 Å². The van der Waals surface area contributed by atoms with Gasteiger partial charge in [-0.25, -0.2) is 4.79 Å². The van der Waals surface area contributed by atoms with E-state index in [-0.39, 0.29) is 12.0 Å². The van der Waals surface area contributed by atoms with E-state index in [0.717, 1.165) is 17.7 Å². The average Bonchev–Trinajstić information content (AvgIpc) is 2.63. The summed E-state index contributed by atoms with van der Waals surface area (Å²) in [5.74, 6) is -0.170. The molecule has 138 valence electrons. The van der Waals surface area contributed by atoms with Crippen molar-refractivity contribution in [1.82, 2.24) is 0 Å². The maximum Gasteiger partial charge on any atom is 0.323 e. The van der Waals surface area contributed by atoms with Crippen LogP contribution in [-0.2, 0) is 16.0 Å². The lowest BCUT2D eigenvalue weighted by Crippen LogP contribution is -2.26. The number of carbonyl (C=O) groups excluding carboxylic acids is 2. The van der Waals surface area contributed by atoms with Crippen molar-refractivity contribution in [3.63, 3.8) is 0 Å². The first-order valence-corrected chi connectivity index (χ1v) is 8.80. The summed E-state index contributed by atoms with van der Waals surface area (Å²) >= 11 is 0. The minimum atomic E-state index is -0.445. The van der Waals surface area contributed by atoms with Crippen molar-refractivity contribution in [3.05, 3.63) is 60.2 Å². The number of benzene rings is 2. The maximum absolute atomic E-state index is 12.0. The number of urea groups is 1. The summed E-state index contributed by atoms with van der Waals surface area (Å²) < 4.78 is 5.34. The molecule has 5 heteroatoms. The van der Waals surface area contributed by atoms with Crippen LogP contribution in [0.3, 0.4) is 0 Å². The molecule has 0 saturated heterocycles. The van der Waals surface area contributed by atoms with Crippen molar-refractivity contribution < 1.29 is 14.3 Å². The van der Waals surface area contributed by atoms with E-state index in [9.17, 15) is 9.59 Å².